The highest BCUT2D eigenvalue weighted by molar-refractivity contribution is 7.83. The first-order chi connectivity index (χ1) is 14.3. The molecule has 1 aliphatic heterocycles. The number of nitrogen functional groups attached to an aromatic ring is 1. The lowest BCUT2D eigenvalue weighted by Crippen LogP contribution is -2.38. The number of nitrogens with zero attached hydrogens (tertiary/aromatic N) is 2. The molecule has 5 nitrogen and oxygen atoms in total. The van der Waals surface area contributed by atoms with E-state index in [1.165, 1.54) is 0 Å². The summed E-state index contributed by atoms with van der Waals surface area (Å²) in [5.74, 6) is 0. The van der Waals surface area contributed by atoms with Crippen LogP contribution in [0.5, 0.6) is 0 Å². The standard InChI is InChI=1S/C23H28N4OS2/c1-15(2)30(28)26-10-8-19(9-11-26)27-14-21(20-7-6-18(24)13-22(20)27)16-4-3-5-17(12-16)23(25)29/h3-7,12-15,19H,8-11,24H2,1-2H3,(H2,25,29). The molecule has 1 atom stereocenters. The van der Waals surface area contributed by atoms with E-state index >= 15 is 0 Å². The Balaban J connectivity index is 1.72. The molecule has 4 N–H and O–H groups in total. The van der Waals surface area contributed by atoms with Crippen molar-refractivity contribution in [3.63, 3.8) is 0 Å². The molecule has 1 unspecified atom stereocenters. The molecule has 1 saturated heterocycles. The third kappa shape index (κ3) is 4.02. The van der Waals surface area contributed by atoms with Crippen LogP contribution in [0.25, 0.3) is 22.0 Å². The lowest BCUT2D eigenvalue weighted by molar-refractivity contribution is 0.286. The van der Waals surface area contributed by atoms with Crippen molar-refractivity contribution in [3.05, 3.63) is 54.2 Å². The molecule has 0 radical (unpaired) electrons. The minimum Gasteiger partial charge on any atom is -0.399 e. The van der Waals surface area contributed by atoms with E-state index in [1.54, 1.807) is 0 Å². The van der Waals surface area contributed by atoms with Crippen LogP contribution in [-0.4, -0.2) is 36.4 Å². The van der Waals surface area contributed by atoms with Crippen LogP contribution in [-0.2, 0) is 11.0 Å². The maximum atomic E-state index is 12.5. The summed E-state index contributed by atoms with van der Waals surface area (Å²) in [7, 11) is -0.912. The zero-order valence-electron chi connectivity index (χ0n) is 17.4. The summed E-state index contributed by atoms with van der Waals surface area (Å²) in [6, 6.07) is 14.5. The maximum absolute atomic E-state index is 12.5. The van der Waals surface area contributed by atoms with Crippen LogP contribution in [0.4, 0.5) is 5.69 Å². The first kappa shape index (κ1) is 21.0. The molecule has 158 valence electrons. The zero-order valence-corrected chi connectivity index (χ0v) is 19.0. The smallest absolute Gasteiger partial charge is 0.104 e. The summed E-state index contributed by atoms with van der Waals surface area (Å²) < 4.78 is 16.9. The molecular weight excluding hydrogens is 412 g/mol. The van der Waals surface area contributed by atoms with Gasteiger partial charge in [-0.15, -0.1) is 0 Å². The Morgan fingerprint density at radius 2 is 1.90 bits per heavy atom. The molecule has 0 saturated carbocycles. The molecule has 3 aromatic rings. The summed E-state index contributed by atoms with van der Waals surface area (Å²) in [5, 5.41) is 1.32. The zero-order chi connectivity index (χ0) is 21.4. The molecule has 1 fully saturated rings. The molecule has 1 aliphatic rings. The number of anilines is 1. The normalized spacial score (nSPS) is 16.9. The average Bonchev–Trinajstić information content (AvgIpc) is 3.12. The summed E-state index contributed by atoms with van der Waals surface area (Å²) >= 11 is 5.17. The number of piperidine rings is 1. The minimum absolute atomic E-state index is 0.154. The van der Waals surface area contributed by atoms with Crippen LogP contribution in [0.2, 0.25) is 0 Å². The Kier molecular flexibility index (Phi) is 5.95. The maximum Gasteiger partial charge on any atom is 0.104 e. The highest BCUT2D eigenvalue weighted by Gasteiger charge is 2.26. The number of aromatic nitrogens is 1. The third-order valence-corrected chi connectivity index (χ3v) is 7.71. The molecular formula is C23H28N4OS2. The Bertz CT molecular complexity index is 1110. The fourth-order valence-corrected chi connectivity index (χ4v) is 5.53. The number of benzene rings is 2. The molecule has 4 rings (SSSR count). The van der Waals surface area contributed by atoms with Crippen molar-refractivity contribution in [1.29, 1.82) is 0 Å². The van der Waals surface area contributed by atoms with E-state index in [4.69, 9.17) is 23.7 Å². The monoisotopic (exact) mass is 440 g/mol. The van der Waals surface area contributed by atoms with Crippen LogP contribution in [0.1, 0.15) is 38.3 Å². The van der Waals surface area contributed by atoms with Gasteiger partial charge in [0.25, 0.3) is 0 Å². The fraction of sp³-hybridized carbons (Fsp3) is 0.348. The van der Waals surface area contributed by atoms with Crippen LogP contribution >= 0.6 is 12.2 Å². The first-order valence-corrected chi connectivity index (χ1v) is 11.9. The highest BCUT2D eigenvalue weighted by atomic mass is 32.2. The molecule has 2 heterocycles. The van der Waals surface area contributed by atoms with Crippen LogP contribution < -0.4 is 11.5 Å². The quantitative estimate of drug-likeness (QED) is 0.460. The van der Waals surface area contributed by atoms with Gasteiger partial charge in [0, 0.05) is 52.8 Å². The second kappa shape index (κ2) is 8.49. The SMILES string of the molecule is CC(C)S(=O)N1CCC(n2cc(-c3cccc(C(N)=S)c3)c3ccc(N)cc32)CC1. The van der Waals surface area contributed by atoms with E-state index in [1.807, 2.05) is 38.1 Å². The van der Waals surface area contributed by atoms with Gasteiger partial charge in [-0.2, -0.15) is 0 Å². The molecule has 2 aromatic carbocycles. The van der Waals surface area contributed by atoms with E-state index in [-0.39, 0.29) is 5.25 Å². The Morgan fingerprint density at radius 1 is 1.17 bits per heavy atom. The van der Waals surface area contributed by atoms with Crippen molar-refractivity contribution in [2.45, 2.75) is 38.0 Å². The fourth-order valence-electron chi connectivity index (χ4n) is 4.24. The number of hydrogen-bond acceptors (Lipinski definition) is 3. The number of rotatable bonds is 5. The number of thiocarbonyl (C=S) groups is 1. The van der Waals surface area contributed by atoms with Gasteiger partial charge >= 0.3 is 0 Å². The van der Waals surface area contributed by atoms with Crippen molar-refractivity contribution in [1.82, 2.24) is 8.87 Å². The molecule has 7 heteroatoms. The van der Waals surface area contributed by atoms with Gasteiger partial charge in [0.2, 0.25) is 0 Å². The highest BCUT2D eigenvalue weighted by Crippen LogP contribution is 2.36. The Morgan fingerprint density at radius 3 is 2.57 bits per heavy atom. The van der Waals surface area contributed by atoms with E-state index in [0.29, 0.717) is 11.0 Å². The number of hydrogen-bond donors (Lipinski definition) is 2. The van der Waals surface area contributed by atoms with Gasteiger partial charge in [-0.05, 0) is 50.5 Å². The van der Waals surface area contributed by atoms with Crippen molar-refractivity contribution < 1.29 is 4.21 Å². The summed E-state index contributed by atoms with van der Waals surface area (Å²) in [5.41, 5.74) is 17.0. The van der Waals surface area contributed by atoms with Crippen molar-refractivity contribution in [3.8, 4) is 11.1 Å². The lowest BCUT2D eigenvalue weighted by Gasteiger charge is -2.33. The van der Waals surface area contributed by atoms with Gasteiger partial charge in [-0.1, -0.05) is 36.5 Å². The average molecular weight is 441 g/mol. The van der Waals surface area contributed by atoms with Crippen LogP contribution in [0.15, 0.2) is 48.7 Å². The number of fused-ring (bicyclic) bond motifs is 1. The van der Waals surface area contributed by atoms with E-state index in [2.05, 4.69) is 33.3 Å². The predicted octanol–water partition coefficient (Wildman–Crippen LogP) is 4.23. The van der Waals surface area contributed by atoms with Crippen LogP contribution in [0, 0.1) is 0 Å². The summed E-state index contributed by atoms with van der Waals surface area (Å²) in [4.78, 5) is 0.398. The third-order valence-electron chi connectivity index (χ3n) is 5.79. The first-order valence-electron chi connectivity index (χ1n) is 10.3. The predicted molar refractivity (Wildman–Crippen MR) is 131 cm³/mol. The molecule has 30 heavy (non-hydrogen) atoms. The lowest BCUT2D eigenvalue weighted by atomic mass is 10.0. The van der Waals surface area contributed by atoms with E-state index in [9.17, 15) is 4.21 Å². The van der Waals surface area contributed by atoms with E-state index < -0.39 is 11.0 Å². The molecule has 0 spiro atoms. The van der Waals surface area contributed by atoms with Gasteiger partial charge in [-0.25, -0.2) is 8.51 Å². The van der Waals surface area contributed by atoms with Gasteiger partial charge in [0.15, 0.2) is 0 Å². The van der Waals surface area contributed by atoms with E-state index in [0.717, 1.165) is 59.2 Å². The van der Waals surface area contributed by atoms with Gasteiger partial charge in [0.05, 0.1) is 16.5 Å². The van der Waals surface area contributed by atoms with Gasteiger partial charge in [-0.3, -0.25) is 0 Å². The van der Waals surface area contributed by atoms with Gasteiger partial charge < -0.3 is 16.0 Å². The largest absolute Gasteiger partial charge is 0.399 e. The van der Waals surface area contributed by atoms with Gasteiger partial charge in [0.1, 0.15) is 4.99 Å². The van der Waals surface area contributed by atoms with Crippen molar-refractivity contribution in [2.75, 3.05) is 18.8 Å². The second-order valence-electron chi connectivity index (χ2n) is 8.16. The topological polar surface area (TPSA) is 77.3 Å². The second-order valence-corrected chi connectivity index (χ2v) is 10.6. The molecule has 0 amide bonds. The Labute approximate surface area is 185 Å². The summed E-state index contributed by atoms with van der Waals surface area (Å²) in [6.07, 6.45) is 4.15. The van der Waals surface area contributed by atoms with Crippen LogP contribution in [0.3, 0.4) is 0 Å². The Hall–Kier alpha value is -2.22. The molecule has 0 aliphatic carbocycles. The van der Waals surface area contributed by atoms with Crippen molar-refractivity contribution >= 4 is 44.8 Å². The minimum atomic E-state index is -0.912. The molecule has 1 aromatic heterocycles. The molecule has 0 bridgehead atoms. The van der Waals surface area contributed by atoms with Crippen molar-refractivity contribution in [2.24, 2.45) is 5.73 Å². The summed E-state index contributed by atoms with van der Waals surface area (Å²) in [6.45, 7) is 5.70. The number of nitrogens with two attached hydrogens (primary N) is 2.